The van der Waals surface area contributed by atoms with Crippen molar-refractivity contribution in [2.45, 2.75) is 6.54 Å². The molecule has 2 heterocycles. The Morgan fingerprint density at radius 2 is 2.33 bits per heavy atom. The number of hydrogen-bond donors (Lipinski definition) is 3. The number of nitrogens with zero attached hydrogens (tertiary/aromatic N) is 1. The van der Waals surface area contributed by atoms with E-state index in [1.165, 1.54) is 6.26 Å². The second-order valence-corrected chi connectivity index (χ2v) is 2.84. The molecule has 0 bridgehead atoms. The van der Waals surface area contributed by atoms with Gasteiger partial charge in [-0.2, -0.15) is 0 Å². The molecule has 2 aromatic rings. The van der Waals surface area contributed by atoms with E-state index < -0.39 is 11.2 Å². The third-order valence-corrected chi connectivity index (χ3v) is 1.75. The van der Waals surface area contributed by atoms with Gasteiger partial charge in [0.05, 0.1) is 12.5 Å². The first-order chi connectivity index (χ1) is 7.25. The lowest BCUT2D eigenvalue weighted by molar-refractivity contribution is 0.564. The molecule has 0 saturated carbocycles. The first-order valence-electron chi connectivity index (χ1n) is 4.19. The van der Waals surface area contributed by atoms with Gasteiger partial charge in [0, 0.05) is 12.1 Å². The quantitative estimate of drug-likeness (QED) is 0.640. The highest BCUT2D eigenvalue weighted by Crippen LogP contribution is 2.01. The molecule has 2 aromatic heterocycles. The van der Waals surface area contributed by atoms with Crippen LogP contribution in [0.5, 0.6) is 0 Å². The van der Waals surface area contributed by atoms with Crippen LogP contribution >= 0.6 is 0 Å². The van der Waals surface area contributed by atoms with Crippen molar-refractivity contribution in [3.8, 4) is 0 Å². The van der Waals surface area contributed by atoms with Crippen molar-refractivity contribution < 1.29 is 4.42 Å². The summed E-state index contributed by atoms with van der Waals surface area (Å²) in [5.74, 6) is 0.0656. The average Bonchev–Trinajstić information content (AvgIpc) is 2.69. The molecule has 7 heteroatoms. The Balaban J connectivity index is 2.12. The van der Waals surface area contributed by atoms with Gasteiger partial charge in [-0.25, -0.2) is 9.89 Å². The lowest BCUT2D eigenvalue weighted by atomic mass is 10.3. The van der Waals surface area contributed by atoms with Crippen molar-refractivity contribution >= 4 is 5.82 Å². The van der Waals surface area contributed by atoms with Crippen molar-refractivity contribution in [2.75, 3.05) is 5.32 Å². The highest BCUT2D eigenvalue weighted by atomic mass is 16.3. The Labute approximate surface area is 83.1 Å². The number of furan rings is 1. The summed E-state index contributed by atoms with van der Waals surface area (Å²) < 4.78 is 4.85. The molecule has 0 aromatic carbocycles. The second kappa shape index (κ2) is 3.82. The van der Waals surface area contributed by atoms with Crippen LogP contribution < -0.4 is 16.6 Å². The average molecular weight is 208 g/mol. The monoisotopic (exact) mass is 208 g/mol. The molecule has 7 nitrogen and oxygen atoms in total. The van der Waals surface area contributed by atoms with Crippen molar-refractivity contribution in [1.82, 2.24) is 15.2 Å². The number of rotatable bonds is 3. The zero-order valence-electron chi connectivity index (χ0n) is 7.61. The third-order valence-electron chi connectivity index (χ3n) is 1.75. The van der Waals surface area contributed by atoms with E-state index in [2.05, 4.69) is 20.5 Å². The summed E-state index contributed by atoms with van der Waals surface area (Å²) >= 11 is 0. The van der Waals surface area contributed by atoms with E-state index in [4.69, 9.17) is 4.42 Å². The molecule has 0 fully saturated rings. The zero-order chi connectivity index (χ0) is 10.7. The van der Waals surface area contributed by atoms with Gasteiger partial charge in [-0.1, -0.05) is 0 Å². The lowest BCUT2D eigenvalue weighted by Crippen LogP contribution is -2.26. The SMILES string of the molecule is O=c1[nH]nc(NCc2ccoc2)c(=O)[nH]1. The van der Waals surface area contributed by atoms with Crippen molar-refractivity contribution in [3.63, 3.8) is 0 Å². The van der Waals surface area contributed by atoms with Crippen LogP contribution in [0.25, 0.3) is 0 Å². The molecule has 0 radical (unpaired) electrons. The summed E-state index contributed by atoms with van der Waals surface area (Å²) in [7, 11) is 0. The molecule has 0 unspecified atom stereocenters. The van der Waals surface area contributed by atoms with Crippen LogP contribution in [-0.4, -0.2) is 15.2 Å². The Morgan fingerprint density at radius 3 is 3.00 bits per heavy atom. The van der Waals surface area contributed by atoms with Crippen molar-refractivity contribution in [3.05, 3.63) is 45.0 Å². The van der Waals surface area contributed by atoms with Gasteiger partial charge in [0.25, 0.3) is 5.56 Å². The maximum Gasteiger partial charge on any atom is 0.342 e. The third kappa shape index (κ3) is 2.13. The van der Waals surface area contributed by atoms with Crippen LogP contribution in [0, 0.1) is 0 Å². The Bertz CT molecular complexity index is 540. The van der Waals surface area contributed by atoms with Gasteiger partial charge in [0.1, 0.15) is 0 Å². The van der Waals surface area contributed by atoms with Crippen LogP contribution in [0.4, 0.5) is 5.82 Å². The highest BCUT2D eigenvalue weighted by Gasteiger charge is 2.01. The van der Waals surface area contributed by atoms with E-state index in [0.29, 0.717) is 6.54 Å². The van der Waals surface area contributed by atoms with E-state index in [1.807, 2.05) is 0 Å². The van der Waals surface area contributed by atoms with E-state index in [-0.39, 0.29) is 5.82 Å². The first kappa shape index (κ1) is 9.25. The number of nitrogens with one attached hydrogen (secondary N) is 3. The van der Waals surface area contributed by atoms with E-state index in [1.54, 1.807) is 12.3 Å². The fourth-order valence-corrected chi connectivity index (χ4v) is 1.05. The number of hydrogen-bond acceptors (Lipinski definition) is 5. The van der Waals surface area contributed by atoms with Gasteiger partial charge in [-0.05, 0) is 6.07 Å². The molecule has 0 aliphatic heterocycles. The minimum Gasteiger partial charge on any atom is -0.472 e. The smallest absolute Gasteiger partial charge is 0.342 e. The van der Waals surface area contributed by atoms with Crippen LogP contribution in [0.1, 0.15) is 5.56 Å². The predicted molar refractivity (Wildman–Crippen MR) is 51.5 cm³/mol. The Kier molecular flexibility index (Phi) is 2.36. The molecule has 0 atom stereocenters. The standard InChI is InChI=1S/C8H8N4O3/c13-7-6(11-12-8(14)10-7)9-3-5-1-2-15-4-5/h1-2,4H,3H2,(H,9,11)(H2,10,12,13,14). The van der Waals surface area contributed by atoms with Gasteiger partial charge < -0.3 is 9.73 Å². The summed E-state index contributed by atoms with van der Waals surface area (Å²) in [6.45, 7) is 0.401. The predicted octanol–water partition coefficient (Wildman–Crippen LogP) is -0.337. The van der Waals surface area contributed by atoms with Gasteiger partial charge in [-0.3, -0.25) is 9.78 Å². The number of H-pyrrole nitrogens is 2. The Hall–Kier alpha value is -2.31. The van der Waals surface area contributed by atoms with E-state index in [0.717, 1.165) is 5.56 Å². The lowest BCUT2D eigenvalue weighted by Gasteiger charge is -2.00. The van der Waals surface area contributed by atoms with Gasteiger partial charge in [0.2, 0.25) is 5.82 Å². The molecule has 0 saturated heterocycles. The highest BCUT2D eigenvalue weighted by molar-refractivity contribution is 5.30. The second-order valence-electron chi connectivity index (χ2n) is 2.84. The molecule has 3 N–H and O–H groups in total. The minimum absolute atomic E-state index is 0.0656. The summed E-state index contributed by atoms with van der Waals surface area (Å²) in [4.78, 5) is 23.9. The topological polar surface area (TPSA) is 104 Å². The summed E-state index contributed by atoms with van der Waals surface area (Å²) in [5, 5.41) is 8.44. The molecule has 78 valence electrons. The van der Waals surface area contributed by atoms with E-state index >= 15 is 0 Å². The van der Waals surface area contributed by atoms with Crippen LogP contribution in [0.2, 0.25) is 0 Å². The number of anilines is 1. The molecule has 15 heavy (non-hydrogen) atoms. The fraction of sp³-hybridized carbons (Fsp3) is 0.125. The molecule has 0 aliphatic rings. The summed E-state index contributed by atoms with van der Waals surface area (Å²) in [6.07, 6.45) is 3.08. The minimum atomic E-state index is -0.631. The van der Waals surface area contributed by atoms with Gasteiger partial charge in [0.15, 0.2) is 0 Å². The zero-order valence-corrected chi connectivity index (χ0v) is 7.61. The summed E-state index contributed by atoms with van der Waals surface area (Å²) in [6, 6.07) is 1.76. The maximum absolute atomic E-state index is 11.2. The molecule has 2 rings (SSSR count). The molecule has 0 spiro atoms. The normalized spacial score (nSPS) is 10.1. The molecule has 0 amide bonds. The van der Waals surface area contributed by atoms with Crippen LogP contribution in [-0.2, 0) is 6.54 Å². The number of aromatic amines is 2. The maximum atomic E-state index is 11.2. The van der Waals surface area contributed by atoms with Gasteiger partial charge >= 0.3 is 5.69 Å². The van der Waals surface area contributed by atoms with E-state index in [9.17, 15) is 9.59 Å². The van der Waals surface area contributed by atoms with Gasteiger partial charge in [-0.15, -0.1) is 5.10 Å². The number of aromatic nitrogens is 3. The van der Waals surface area contributed by atoms with Crippen LogP contribution in [0.15, 0.2) is 32.6 Å². The largest absolute Gasteiger partial charge is 0.472 e. The Morgan fingerprint density at radius 1 is 1.47 bits per heavy atom. The fourth-order valence-electron chi connectivity index (χ4n) is 1.05. The first-order valence-corrected chi connectivity index (χ1v) is 4.19. The van der Waals surface area contributed by atoms with Crippen molar-refractivity contribution in [1.29, 1.82) is 0 Å². The molecular formula is C8H8N4O3. The van der Waals surface area contributed by atoms with Crippen LogP contribution in [0.3, 0.4) is 0 Å². The molecular weight excluding hydrogens is 200 g/mol. The summed E-state index contributed by atoms with van der Waals surface area (Å²) in [5.41, 5.74) is -0.307. The molecule has 0 aliphatic carbocycles. The van der Waals surface area contributed by atoms with Crippen molar-refractivity contribution in [2.24, 2.45) is 0 Å².